The van der Waals surface area contributed by atoms with Gasteiger partial charge in [-0.15, -0.1) is 0 Å². The molecule has 0 aromatic carbocycles. The molecule has 0 unspecified atom stereocenters. The highest BCUT2D eigenvalue weighted by atomic mass is 15.1. The zero-order valence-electron chi connectivity index (χ0n) is 8.12. The fourth-order valence-corrected chi connectivity index (χ4v) is 2.17. The van der Waals surface area contributed by atoms with Gasteiger partial charge in [-0.3, -0.25) is 5.10 Å². The summed E-state index contributed by atoms with van der Waals surface area (Å²) in [6.45, 7) is 0. The third-order valence-corrected chi connectivity index (χ3v) is 2.93. The number of hydrogen-bond donors (Lipinski definition) is 1. The van der Waals surface area contributed by atoms with E-state index in [1.165, 1.54) is 22.5 Å². The first kappa shape index (κ1) is 7.74. The van der Waals surface area contributed by atoms with Crippen LogP contribution in [0.2, 0.25) is 0 Å². The predicted molar refractivity (Wildman–Crippen MR) is 52.6 cm³/mol. The van der Waals surface area contributed by atoms with Gasteiger partial charge in [-0.1, -0.05) is 0 Å². The van der Waals surface area contributed by atoms with Crippen LogP contribution in [0.5, 0.6) is 0 Å². The van der Waals surface area contributed by atoms with E-state index in [0.717, 1.165) is 12.8 Å². The molecule has 2 aromatic heterocycles. The van der Waals surface area contributed by atoms with Crippen LogP contribution in [0, 0.1) is 0 Å². The largest absolute Gasteiger partial charge is 0.277 e. The predicted octanol–water partition coefficient (Wildman–Crippen LogP) is 1.000. The standard InChI is InChI=1S/C11H12N3/c1-14-6-2-3-9-10(14)5-4-8-7-12-13-11(8)9/h2-3,6-7H,4-5H2,1H3,(H,12,13)/q+1. The second kappa shape index (κ2) is 2.67. The molecule has 3 nitrogen and oxygen atoms in total. The second-order valence-corrected chi connectivity index (χ2v) is 3.75. The van der Waals surface area contributed by atoms with Gasteiger partial charge in [0.05, 0.1) is 17.5 Å². The molecule has 1 aliphatic rings. The van der Waals surface area contributed by atoms with Crippen molar-refractivity contribution in [2.75, 3.05) is 0 Å². The van der Waals surface area contributed by atoms with Crippen molar-refractivity contribution in [3.05, 3.63) is 35.8 Å². The Morgan fingerprint density at radius 2 is 2.36 bits per heavy atom. The Bertz CT molecular complexity index is 485. The molecule has 2 heterocycles. The number of aromatic nitrogens is 3. The molecule has 0 aliphatic heterocycles. The molecule has 1 N–H and O–H groups in total. The van der Waals surface area contributed by atoms with E-state index in [4.69, 9.17) is 0 Å². The smallest absolute Gasteiger partial charge is 0.190 e. The fourth-order valence-electron chi connectivity index (χ4n) is 2.17. The van der Waals surface area contributed by atoms with E-state index >= 15 is 0 Å². The first-order valence-corrected chi connectivity index (χ1v) is 4.86. The molecule has 0 fully saturated rings. The Morgan fingerprint density at radius 3 is 3.29 bits per heavy atom. The first-order valence-electron chi connectivity index (χ1n) is 4.86. The van der Waals surface area contributed by atoms with Crippen LogP contribution in [0.4, 0.5) is 0 Å². The maximum Gasteiger partial charge on any atom is 0.190 e. The number of aromatic amines is 1. The molecule has 0 amide bonds. The summed E-state index contributed by atoms with van der Waals surface area (Å²) in [4.78, 5) is 0. The van der Waals surface area contributed by atoms with Crippen LogP contribution >= 0.6 is 0 Å². The number of aryl methyl sites for hydroxylation is 2. The van der Waals surface area contributed by atoms with Crippen LogP contribution in [-0.4, -0.2) is 10.2 Å². The number of fused-ring (bicyclic) bond motifs is 3. The lowest BCUT2D eigenvalue weighted by Crippen LogP contribution is -2.35. The topological polar surface area (TPSA) is 32.6 Å². The average Bonchev–Trinajstić information content (AvgIpc) is 2.66. The molecule has 0 atom stereocenters. The summed E-state index contributed by atoms with van der Waals surface area (Å²) in [6, 6.07) is 4.24. The quantitative estimate of drug-likeness (QED) is 0.612. The van der Waals surface area contributed by atoms with Gasteiger partial charge in [-0.25, -0.2) is 4.57 Å². The van der Waals surface area contributed by atoms with Crippen molar-refractivity contribution in [1.29, 1.82) is 0 Å². The van der Waals surface area contributed by atoms with Gasteiger partial charge in [0.25, 0.3) is 0 Å². The second-order valence-electron chi connectivity index (χ2n) is 3.75. The van der Waals surface area contributed by atoms with Crippen molar-refractivity contribution < 1.29 is 4.57 Å². The lowest BCUT2D eigenvalue weighted by atomic mass is 9.94. The van der Waals surface area contributed by atoms with Gasteiger partial charge in [0.15, 0.2) is 11.9 Å². The molecule has 3 rings (SSSR count). The van der Waals surface area contributed by atoms with Crippen LogP contribution in [0.1, 0.15) is 11.3 Å². The minimum absolute atomic E-state index is 1.09. The molecule has 14 heavy (non-hydrogen) atoms. The summed E-state index contributed by atoms with van der Waals surface area (Å²) < 4.78 is 2.19. The number of hydrogen-bond acceptors (Lipinski definition) is 1. The van der Waals surface area contributed by atoms with E-state index in [2.05, 4.69) is 40.1 Å². The summed E-state index contributed by atoms with van der Waals surface area (Å²) in [5, 5.41) is 7.18. The number of H-pyrrole nitrogens is 1. The van der Waals surface area contributed by atoms with E-state index in [-0.39, 0.29) is 0 Å². The lowest BCUT2D eigenvalue weighted by molar-refractivity contribution is -0.678. The van der Waals surface area contributed by atoms with Gasteiger partial charge in [0.2, 0.25) is 0 Å². The molecule has 2 aromatic rings. The summed E-state index contributed by atoms with van der Waals surface area (Å²) >= 11 is 0. The summed E-state index contributed by atoms with van der Waals surface area (Å²) in [6.07, 6.45) is 6.24. The molecule has 1 aliphatic carbocycles. The molecule has 0 radical (unpaired) electrons. The molecule has 70 valence electrons. The zero-order chi connectivity index (χ0) is 9.54. The van der Waals surface area contributed by atoms with E-state index in [1.54, 1.807) is 0 Å². The Hall–Kier alpha value is -1.64. The van der Waals surface area contributed by atoms with Gasteiger partial charge in [0, 0.05) is 12.5 Å². The maximum absolute atomic E-state index is 4.10. The Labute approximate surface area is 82.4 Å². The van der Waals surface area contributed by atoms with E-state index in [9.17, 15) is 0 Å². The summed E-state index contributed by atoms with van der Waals surface area (Å²) in [7, 11) is 2.10. The van der Waals surface area contributed by atoms with Crippen LogP contribution in [-0.2, 0) is 19.9 Å². The van der Waals surface area contributed by atoms with Gasteiger partial charge >= 0.3 is 0 Å². The van der Waals surface area contributed by atoms with Gasteiger partial charge in [-0.05, 0) is 18.1 Å². The van der Waals surface area contributed by atoms with Crippen LogP contribution in [0.25, 0.3) is 11.3 Å². The number of rotatable bonds is 0. The average molecular weight is 186 g/mol. The van der Waals surface area contributed by atoms with Crippen LogP contribution in [0.15, 0.2) is 24.5 Å². The Kier molecular flexibility index (Phi) is 1.48. The molecule has 0 saturated heterocycles. The monoisotopic (exact) mass is 186 g/mol. The molecular formula is C11H12N3+. The van der Waals surface area contributed by atoms with Crippen molar-refractivity contribution in [2.24, 2.45) is 7.05 Å². The van der Waals surface area contributed by atoms with Crippen LogP contribution in [0.3, 0.4) is 0 Å². The van der Waals surface area contributed by atoms with Gasteiger partial charge in [0.1, 0.15) is 7.05 Å². The van der Waals surface area contributed by atoms with Gasteiger partial charge in [-0.2, -0.15) is 5.10 Å². The van der Waals surface area contributed by atoms with Crippen molar-refractivity contribution in [3.63, 3.8) is 0 Å². The minimum Gasteiger partial charge on any atom is -0.277 e. The fraction of sp³-hybridized carbons (Fsp3) is 0.273. The summed E-state index contributed by atoms with van der Waals surface area (Å²) in [5.74, 6) is 0. The molecular weight excluding hydrogens is 174 g/mol. The highest BCUT2D eigenvalue weighted by Gasteiger charge is 2.23. The Morgan fingerprint density at radius 1 is 1.43 bits per heavy atom. The van der Waals surface area contributed by atoms with Crippen molar-refractivity contribution >= 4 is 0 Å². The molecule has 3 heteroatoms. The first-order chi connectivity index (χ1) is 6.86. The van der Waals surface area contributed by atoms with E-state index in [1.807, 2.05) is 6.20 Å². The number of nitrogens with zero attached hydrogens (tertiary/aromatic N) is 2. The Balaban J connectivity index is 2.31. The highest BCUT2D eigenvalue weighted by molar-refractivity contribution is 5.66. The zero-order valence-corrected chi connectivity index (χ0v) is 8.12. The van der Waals surface area contributed by atoms with Crippen molar-refractivity contribution in [2.45, 2.75) is 12.8 Å². The summed E-state index contributed by atoms with van der Waals surface area (Å²) in [5.41, 5.74) is 5.23. The molecule has 0 spiro atoms. The third-order valence-electron chi connectivity index (χ3n) is 2.93. The minimum atomic E-state index is 1.09. The van der Waals surface area contributed by atoms with Crippen molar-refractivity contribution in [1.82, 2.24) is 10.2 Å². The highest BCUT2D eigenvalue weighted by Crippen LogP contribution is 2.28. The van der Waals surface area contributed by atoms with Gasteiger partial charge < -0.3 is 0 Å². The maximum atomic E-state index is 4.10. The number of pyridine rings is 1. The SMILES string of the molecule is C[n+]1cccc2c1CCc1cn[nH]c1-2. The molecule has 0 saturated carbocycles. The lowest BCUT2D eigenvalue weighted by Gasteiger charge is -2.12. The van der Waals surface area contributed by atoms with Crippen molar-refractivity contribution in [3.8, 4) is 11.3 Å². The normalized spacial score (nSPS) is 13.5. The third kappa shape index (κ3) is 0.923. The van der Waals surface area contributed by atoms with E-state index < -0.39 is 0 Å². The van der Waals surface area contributed by atoms with Crippen LogP contribution < -0.4 is 4.57 Å². The van der Waals surface area contributed by atoms with E-state index in [0.29, 0.717) is 0 Å². The molecule has 0 bridgehead atoms. The number of nitrogens with one attached hydrogen (secondary N) is 1.